The lowest BCUT2D eigenvalue weighted by Gasteiger charge is -2.25. The SMILES string of the molecule is CNS(=O)(=O)c1ccc(C(=O)N(C2CC2)C(C)C(=O)O)o1. The first kappa shape index (κ1) is 15.5. The summed E-state index contributed by atoms with van der Waals surface area (Å²) in [5, 5.41) is 8.68. The molecule has 1 amide bonds. The molecule has 0 aromatic carbocycles. The Morgan fingerprint density at radius 3 is 2.52 bits per heavy atom. The Hall–Kier alpha value is -1.87. The summed E-state index contributed by atoms with van der Waals surface area (Å²) in [5.74, 6) is -1.93. The highest BCUT2D eigenvalue weighted by molar-refractivity contribution is 7.89. The van der Waals surface area contributed by atoms with Gasteiger partial charge in [0.1, 0.15) is 6.04 Å². The van der Waals surface area contributed by atoms with E-state index in [1.807, 2.05) is 0 Å². The number of rotatable bonds is 6. The van der Waals surface area contributed by atoms with Crippen LogP contribution in [0.5, 0.6) is 0 Å². The lowest BCUT2D eigenvalue weighted by Crippen LogP contribution is -2.44. The molecule has 1 heterocycles. The zero-order valence-electron chi connectivity index (χ0n) is 11.6. The lowest BCUT2D eigenvalue weighted by atomic mass is 10.2. The third-order valence-corrected chi connectivity index (χ3v) is 4.56. The smallest absolute Gasteiger partial charge is 0.326 e. The molecule has 0 spiro atoms. The van der Waals surface area contributed by atoms with Crippen LogP contribution in [0.25, 0.3) is 0 Å². The van der Waals surface area contributed by atoms with Crippen LogP contribution in [0.3, 0.4) is 0 Å². The fraction of sp³-hybridized carbons (Fsp3) is 0.500. The van der Waals surface area contributed by atoms with E-state index in [0.717, 1.165) is 18.9 Å². The van der Waals surface area contributed by atoms with Gasteiger partial charge in [-0.25, -0.2) is 17.9 Å². The molecule has 116 valence electrons. The van der Waals surface area contributed by atoms with Crippen LogP contribution < -0.4 is 4.72 Å². The summed E-state index contributed by atoms with van der Waals surface area (Å²) in [4.78, 5) is 24.7. The number of nitrogens with one attached hydrogen (secondary N) is 1. The van der Waals surface area contributed by atoms with Gasteiger partial charge in [-0.2, -0.15) is 0 Å². The number of hydrogen-bond donors (Lipinski definition) is 2. The van der Waals surface area contributed by atoms with Gasteiger partial charge in [-0.1, -0.05) is 0 Å². The van der Waals surface area contributed by atoms with Crippen molar-refractivity contribution in [3.63, 3.8) is 0 Å². The molecule has 0 aliphatic heterocycles. The van der Waals surface area contributed by atoms with E-state index in [0.29, 0.717) is 0 Å². The molecule has 21 heavy (non-hydrogen) atoms. The predicted octanol–water partition coefficient (Wildman–Crippen LogP) is 0.265. The van der Waals surface area contributed by atoms with E-state index in [1.54, 1.807) is 0 Å². The van der Waals surface area contributed by atoms with E-state index in [2.05, 4.69) is 4.72 Å². The molecule has 1 aromatic heterocycles. The van der Waals surface area contributed by atoms with Gasteiger partial charge in [0.05, 0.1) is 0 Å². The fourth-order valence-corrected chi connectivity index (χ4v) is 2.58. The highest BCUT2D eigenvalue weighted by Crippen LogP contribution is 2.30. The molecule has 0 saturated heterocycles. The van der Waals surface area contributed by atoms with Crippen LogP contribution in [-0.4, -0.2) is 49.4 Å². The number of carboxylic acid groups (broad SMARTS) is 1. The van der Waals surface area contributed by atoms with E-state index in [9.17, 15) is 18.0 Å². The maximum absolute atomic E-state index is 12.4. The molecule has 1 saturated carbocycles. The van der Waals surface area contributed by atoms with Gasteiger partial charge in [0.15, 0.2) is 5.76 Å². The van der Waals surface area contributed by atoms with E-state index < -0.39 is 27.9 Å². The summed E-state index contributed by atoms with van der Waals surface area (Å²) in [7, 11) is -2.56. The van der Waals surface area contributed by atoms with Gasteiger partial charge >= 0.3 is 5.97 Å². The van der Waals surface area contributed by atoms with Gasteiger partial charge in [-0.3, -0.25) is 4.79 Å². The highest BCUT2D eigenvalue weighted by atomic mass is 32.2. The van der Waals surface area contributed by atoms with E-state index in [4.69, 9.17) is 9.52 Å². The average molecular weight is 316 g/mol. The maximum atomic E-state index is 12.4. The monoisotopic (exact) mass is 316 g/mol. The second-order valence-electron chi connectivity index (χ2n) is 4.78. The first-order valence-electron chi connectivity index (χ1n) is 6.36. The molecule has 1 aromatic rings. The number of carbonyl (C=O) groups excluding carboxylic acids is 1. The second-order valence-corrected chi connectivity index (χ2v) is 6.60. The van der Waals surface area contributed by atoms with Crippen LogP contribution in [0.15, 0.2) is 21.6 Å². The van der Waals surface area contributed by atoms with Crippen molar-refractivity contribution in [3.05, 3.63) is 17.9 Å². The first-order valence-corrected chi connectivity index (χ1v) is 7.85. The van der Waals surface area contributed by atoms with Crippen molar-refractivity contribution in [2.75, 3.05) is 7.05 Å². The highest BCUT2D eigenvalue weighted by Gasteiger charge is 2.40. The Balaban J connectivity index is 2.28. The molecular weight excluding hydrogens is 300 g/mol. The van der Waals surface area contributed by atoms with Crippen LogP contribution >= 0.6 is 0 Å². The summed E-state index contributed by atoms with van der Waals surface area (Å²) >= 11 is 0. The lowest BCUT2D eigenvalue weighted by molar-refractivity contribution is -0.141. The minimum Gasteiger partial charge on any atom is -0.480 e. The van der Waals surface area contributed by atoms with Gasteiger partial charge in [-0.15, -0.1) is 0 Å². The molecule has 1 aliphatic rings. The van der Waals surface area contributed by atoms with Crippen LogP contribution in [0.2, 0.25) is 0 Å². The summed E-state index contributed by atoms with van der Waals surface area (Å²) in [6.45, 7) is 1.41. The van der Waals surface area contributed by atoms with Crippen molar-refractivity contribution in [1.29, 1.82) is 0 Å². The molecule has 1 atom stereocenters. The van der Waals surface area contributed by atoms with Crippen molar-refractivity contribution < 1.29 is 27.5 Å². The van der Waals surface area contributed by atoms with Crippen LogP contribution in [0.1, 0.15) is 30.3 Å². The van der Waals surface area contributed by atoms with Gasteiger partial charge < -0.3 is 14.4 Å². The zero-order valence-corrected chi connectivity index (χ0v) is 12.4. The molecule has 2 rings (SSSR count). The zero-order chi connectivity index (χ0) is 15.8. The Labute approximate surface area is 121 Å². The molecule has 1 fully saturated rings. The topological polar surface area (TPSA) is 117 Å². The minimum atomic E-state index is -3.78. The standard InChI is InChI=1S/C12H16N2O6S/c1-7(12(16)17)14(8-3-4-8)11(15)9-5-6-10(20-9)21(18,19)13-2/h5-8,13H,3-4H2,1-2H3,(H,16,17). The van der Waals surface area contributed by atoms with Gasteiger partial charge in [0.2, 0.25) is 5.09 Å². The molecule has 0 bridgehead atoms. The molecular formula is C12H16N2O6S. The molecule has 8 nitrogen and oxygen atoms in total. The largest absolute Gasteiger partial charge is 0.480 e. The van der Waals surface area contributed by atoms with E-state index in [1.165, 1.54) is 24.9 Å². The summed E-state index contributed by atoms with van der Waals surface area (Å²) in [6, 6.07) is 1.25. The maximum Gasteiger partial charge on any atom is 0.326 e. The molecule has 1 aliphatic carbocycles. The van der Waals surface area contributed by atoms with Gasteiger partial charge in [0.25, 0.3) is 15.9 Å². The third kappa shape index (κ3) is 3.08. The number of hydrogen-bond acceptors (Lipinski definition) is 5. The van der Waals surface area contributed by atoms with Crippen molar-refractivity contribution in [3.8, 4) is 0 Å². The Bertz CT molecular complexity index is 661. The number of carbonyl (C=O) groups is 2. The Morgan fingerprint density at radius 1 is 1.43 bits per heavy atom. The van der Waals surface area contributed by atoms with Crippen LogP contribution in [0.4, 0.5) is 0 Å². The minimum absolute atomic E-state index is 0.141. The number of furan rings is 1. The number of aliphatic carboxylic acids is 1. The summed E-state index contributed by atoms with van der Waals surface area (Å²) < 4.78 is 30.3. The quantitative estimate of drug-likeness (QED) is 0.777. The van der Waals surface area contributed by atoms with Crippen molar-refractivity contribution >= 4 is 21.9 Å². The average Bonchev–Trinajstić information content (AvgIpc) is 3.13. The van der Waals surface area contributed by atoms with Crippen LogP contribution in [0, 0.1) is 0 Å². The summed E-state index contributed by atoms with van der Waals surface area (Å²) in [6.07, 6.45) is 1.46. The molecule has 0 radical (unpaired) electrons. The Kier molecular flexibility index (Phi) is 4.06. The fourth-order valence-electron chi connectivity index (χ4n) is 1.94. The van der Waals surface area contributed by atoms with Crippen molar-refractivity contribution in [2.45, 2.75) is 36.9 Å². The molecule has 1 unspecified atom stereocenters. The second kappa shape index (κ2) is 5.49. The first-order chi connectivity index (χ1) is 9.77. The number of sulfonamides is 1. The van der Waals surface area contributed by atoms with Gasteiger partial charge in [-0.05, 0) is 38.9 Å². The molecule has 2 N–H and O–H groups in total. The number of amides is 1. The number of nitrogens with zero attached hydrogens (tertiary/aromatic N) is 1. The van der Waals surface area contributed by atoms with E-state index >= 15 is 0 Å². The number of carboxylic acids is 1. The molecule has 9 heteroatoms. The third-order valence-electron chi connectivity index (χ3n) is 3.28. The van der Waals surface area contributed by atoms with Crippen molar-refractivity contribution in [2.24, 2.45) is 0 Å². The van der Waals surface area contributed by atoms with Crippen molar-refractivity contribution in [1.82, 2.24) is 9.62 Å². The van der Waals surface area contributed by atoms with Gasteiger partial charge in [0, 0.05) is 6.04 Å². The Morgan fingerprint density at radius 2 is 2.05 bits per heavy atom. The normalized spacial score (nSPS) is 16.5. The van der Waals surface area contributed by atoms with Crippen LogP contribution in [-0.2, 0) is 14.8 Å². The van der Waals surface area contributed by atoms with E-state index in [-0.39, 0.29) is 16.9 Å². The predicted molar refractivity (Wildman–Crippen MR) is 71.2 cm³/mol. The summed E-state index contributed by atoms with van der Waals surface area (Å²) in [5.41, 5.74) is 0.